The molecule has 0 radical (unpaired) electrons. The molecule has 0 aliphatic carbocycles. The van der Waals surface area contributed by atoms with Crippen LogP contribution < -0.4 is 5.32 Å². The van der Waals surface area contributed by atoms with Crippen molar-refractivity contribution in [3.63, 3.8) is 0 Å². The minimum absolute atomic E-state index is 0.227. The van der Waals surface area contributed by atoms with Crippen molar-refractivity contribution in [1.82, 2.24) is 0 Å². The van der Waals surface area contributed by atoms with E-state index in [0.717, 1.165) is 11.3 Å². The van der Waals surface area contributed by atoms with Crippen LogP contribution in [0.2, 0.25) is 0 Å². The molecule has 1 aromatic rings. The Hall–Kier alpha value is -1.84. The van der Waals surface area contributed by atoms with Crippen LogP contribution in [-0.2, 0) is 19.9 Å². The molecule has 3 rings (SSSR count). The molecule has 76 valence electrons. The molecule has 1 atom stereocenters. The van der Waals surface area contributed by atoms with Crippen molar-refractivity contribution >= 4 is 17.6 Å². The SMILES string of the molecule is O=C1CCC2(O1)C(=O)Nc1ccccc12. The van der Waals surface area contributed by atoms with Crippen molar-refractivity contribution < 1.29 is 14.3 Å². The molecule has 2 aliphatic heterocycles. The molecule has 1 amide bonds. The quantitative estimate of drug-likeness (QED) is 0.644. The summed E-state index contributed by atoms with van der Waals surface area (Å²) in [6, 6.07) is 7.32. The monoisotopic (exact) mass is 203 g/mol. The zero-order valence-corrected chi connectivity index (χ0v) is 7.95. The lowest BCUT2D eigenvalue weighted by molar-refractivity contribution is -0.156. The number of esters is 1. The number of benzene rings is 1. The highest BCUT2D eigenvalue weighted by atomic mass is 16.6. The van der Waals surface area contributed by atoms with Crippen LogP contribution in [0.5, 0.6) is 0 Å². The largest absolute Gasteiger partial charge is 0.444 e. The number of para-hydroxylation sites is 1. The van der Waals surface area contributed by atoms with Gasteiger partial charge in [0.25, 0.3) is 5.91 Å². The van der Waals surface area contributed by atoms with Crippen LogP contribution in [0.1, 0.15) is 18.4 Å². The van der Waals surface area contributed by atoms with Gasteiger partial charge in [-0.2, -0.15) is 0 Å². The molecule has 15 heavy (non-hydrogen) atoms. The Bertz CT molecular complexity index is 469. The van der Waals surface area contributed by atoms with Gasteiger partial charge in [0.2, 0.25) is 5.60 Å². The van der Waals surface area contributed by atoms with Crippen LogP contribution in [-0.4, -0.2) is 11.9 Å². The molecule has 1 N–H and O–H groups in total. The predicted octanol–water partition coefficient (Wildman–Crippen LogP) is 1.17. The van der Waals surface area contributed by atoms with Crippen LogP contribution in [0.25, 0.3) is 0 Å². The lowest BCUT2D eigenvalue weighted by Gasteiger charge is -2.19. The van der Waals surface area contributed by atoms with E-state index in [0.29, 0.717) is 12.8 Å². The van der Waals surface area contributed by atoms with E-state index in [-0.39, 0.29) is 11.9 Å². The number of fused-ring (bicyclic) bond motifs is 2. The Morgan fingerprint density at radius 3 is 2.80 bits per heavy atom. The number of anilines is 1. The second kappa shape index (κ2) is 2.59. The first-order chi connectivity index (χ1) is 7.22. The van der Waals surface area contributed by atoms with Crippen molar-refractivity contribution in [2.75, 3.05) is 5.32 Å². The summed E-state index contributed by atoms with van der Waals surface area (Å²) in [5.41, 5.74) is 0.478. The Morgan fingerprint density at radius 2 is 2.07 bits per heavy atom. The first-order valence-corrected chi connectivity index (χ1v) is 4.85. The average Bonchev–Trinajstić information content (AvgIpc) is 2.73. The molecule has 2 aliphatic rings. The van der Waals surface area contributed by atoms with Gasteiger partial charge >= 0.3 is 5.97 Å². The highest BCUT2D eigenvalue weighted by Gasteiger charge is 2.53. The van der Waals surface area contributed by atoms with Crippen molar-refractivity contribution in [3.05, 3.63) is 29.8 Å². The molecule has 1 unspecified atom stereocenters. The normalized spacial score (nSPS) is 27.7. The van der Waals surface area contributed by atoms with Crippen molar-refractivity contribution in [3.8, 4) is 0 Å². The highest BCUT2D eigenvalue weighted by molar-refractivity contribution is 6.07. The van der Waals surface area contributed by atoms with Crippen LogP contribution in [0.15, 0.2) is 24.3 Å². The predicted molar refractivity (Wildman–Crippen MR) is 52.1 cm³/mol. The Balaban J connectivity index is 2.17. The van der Waals surface area contributed by atoms with E-state index in [1.54, 1.807) is 0 Å². The van der Waals surface area contributed by atoms with Gasteiger partial charge in [0.1, 0.15) is 0 Å². The van der Waals surface area contributed by atoms with Gasteiger partial charge in [-0.25, -0.2) is 0 Å². The molecule has 0 aromatic heterocycles. The van der Waals surface area contributed by atoms with E-state index in [4.69, 9.17) is 4.74 Å². The van der Waals surface area contributed by atoms with Crippen molar-refractivity contribution in [2.45, 2.75) is 18.4 Å². The number of amides is 1. The summed E-state index contributed by atoms with van der Waals surface area (Å²) in [5.74, 6) is -0.531. The number of rotatable bonds is 0. The summed E-state index contributed by atoms with van der Waals surface area (Å²) >= 11 is 0. The van der Waals surface area contributed by atoms with Gasteiger partial charge in [-0.1, -0.05) is 18.2 Å². The molecule has 0 bridgehead atoms. The molecule has 4 nitrogen and oxygen atoms in total. The number of hydrogen-bond acceptors (Lipinski definition) is 3. The van der Waals surface area contributed by atoms with Gasteiger partial charge in [0.05, 0.1) is 6.42 Å². The zero-order chi connectivity index (χ0) is 10.5. The second-order valence-electron chi connectivity index (χ2n) is 3.80. The van der Waals surface area contributed by atoms with E-state index in [2.05, 4.69) is 5.32 Å². The molecule has 1 fully saturated rings. The Kier molecular flexibility index (Phi) is 1.46. The summed E-state index contributed by atoms with van der Waals surface area (Å²) in [6.45, 7) is 0. The topological polar surface area (TPSA) is 55.4 Å². The van der Waals surface area contributed by atoms with Gasteiger partial charge < -0.3 is 10.1 Å². The van der Waals surface area contributed by atoms with Crippen LogP contribution in [0.4, 0.5) is 5.69 Å². The van der Waals surface area contributed by atoms with Gasteiger partial charge in [-0.05, 0) is 6.07 Å². The maximum Gasteiger partial charge on any atom is 0.307 e. The summed E-state index contributed by atoms with van der Waals surface area (Å²) in [7, 11) is 0. The summed E-state index contributed by atoms with van der Waals surface area (Å²) in [5, 5.41) is 2.73. The van der Waals surface area contributed by atoms with E-state index >= 15 is 0 Å². The second-order valence-corrected chi connectivity index (χ2v) is 3.80. The lowest BCUT2D eigenvalue weighted by Crippen LogP contribution is -2.33. The highest BCUT2D eigenvalue weighted by Crippen LogP contribution is 2.45. The fourth-order valence-electron chi connectivity index (χ4n) is 2.21. The molecular formula is C11H9NO3. The molecule has 4 heteroatoms. The minimum Gasteiger partial charge on any atom is -0.444 e. The maximum absolute atomic E-state index is 11.8. The molecule has 2 heterocycles. The third kappa shape index (κ3) is 0.960. The van der Waals surface area contributed by atoms with Gasteiger partial charge in [0.15, 0.2) is 0 Å². The average molecular weight is 203 g/mol. The summed E-state index contributed by atoms with van der Waals surface area (Å²) in [4.78, 5) is 23.0. The summed E-state index contributed by atoms with van der Waals surface area (Å²) in [6.07, 6.45) is 0.746. The van der Waals surface area contributed by atoms with E-state index in [1.807, 2.05) is 24.3 Å². The number of carbonyl (C=O) groups excluding carboxylic acids is 2. The first-order valence-electron chi connectivity index (χ1n) is 4.85. The Morgan fingerprint density at radius 1 is 1.27 bits per heavy atom. The third-order valence-corrected chi connectivity index (χ3v) is 2.95. The number of ether oxygens (including phenoxy) is 1. The molecule has 0 saturated carbocycles. The van der Waals surface area contributed by atoms with Crippen molar-refractivity contribution in [1.29, 1.82) is 0 Å². The van der Waals surface area contributed by atoms with E-state index in [9.17, 15) is 9.59 Å². The van der Waals surface area contributed by atoms with Crippen LogP contribution >= 0.6 is 0 Å². The molecule has 1 spiro atoms. The van der Waals surface area contributed by atoms with Crippen LogP contribution in [0.3, 0.4) is 0 Å². The van der Waals surface area contributed by atoms with E-state index < -0.39 is 5.60 Å². The maximum atomic E-state index is 11.8. The standard InChI is InChI=1S/C11H9NO3/c13-9-5-6-11(15-9)7-3-1-2-4-8(7)12-10(11)14/h1-4H,5-6H2,(H,12,14). The fourth-order valence-corrected chi connectivity index (χ4v) is 2.21. The van der Waals surface area contributed by atoms with E-state index in [1.165, 1.54) is 0 Å². The Labute approximate surface area is 86.2 Å². The summed E-state index contributed by atoms with van der Waals surface area (Å²) < 4.78 is 5.20. The molecular weight excluding hydrogens is 194 g/mol. The minimum atomic E-state index is -1.05. The number of carbonyl (C=O) groups is 2. The zero-order valence-electron chi connectivity index (χ0n) is 7.95. The number of hydrogen-bond donors (Lipinski definition) is 1. The molecule has 1 aromatic carbocycles. The van der Waals surface area contributed by atoms with Crippen molar-refractivity contribution in [2.24, 2.45) is 0 Å². The third-order valence-electron chi connectivity index (χ3n) is 2.95. The molecule has 1 saturated heterocycles. The van der Waals surface area contributed by atoms with Gasteiger partial charge in [-0.3, -0.25) is 9.59 Å². The van der Waals surface area contributed by atoms with Crippen LogP contribution in [0, 0.1) is 0 Å². The number of nitrogens with one attached hydrogen (secondary N) is 1. The lowest BCUT2D eigenvalue weighted by atomic mass is 9.92. The van der Waals surface area contributed by atoms with Gasteiger partial charge in [-0.15, -0.1) is 0 Å². The first kappa shape index (κ1) is 8.47. The van der Waals surface area contributed by atoms with Gasteiger partial charge in [0, 0.05) is 17.7 Å². The smallest absolute Gasteiger partial charge is 0.307 e. The fraction of sp³-hybridized carbons (Fsp3) is 0.273.